The van der Waals surface area contributed by atoms with Crippen LogP contribution in [0.25, 0.3) is 0 Å². The minimum Gasteiger partial charge on any atom is -0.290 e. The second-order valence-electron chi connectivity index (χ2n) is 7.07. The molecule has 1 aliphatic rings. The van der Waals surface area contributed by atoms with Crippen LogP contribution in [0.4, 0.5) is 13.2 Å². The van der Waals surface area contributed by atoms with Crippen molar-refractivity contribution >= 4 is 10.0 Å². The fraction of sp³-hybridized carbons (Fsp3) is 0.368. The van der Waals surface area contributed by atoms with E-state index in [4.69, 9.17) is 0 Å². The van der Waals surface area contributed by atoms with Crippen LogP contribution < -0.4 is 4.72 Å². The van der Waals surface area contributed by atoms with E-state index in [9.17, 15) is 26.7 Å². The van der Waals surface area contributed by atoms with E-state index in [1.54, 1.807) is 19.9 Å². The normalized spacial score (nSPS) is 17.3. The molecule has 0 saturated carbocycles. The van der Waals surface area contributed by atoms with Gasteiger partial charge >= 0.3 is 6.18 Å². The van der Waals surface area contributed by atoms with Crippen molar-refractivity contribution in [2.75, 3.05) is 0 Å². The summed E-state index contributed by atoms with van der Waals surface area (Å²) < 4.78 is 68.1. The standard InChI is InChI=1S/C19H19F3NO3S/c1-11(2)12-4-6-18(17(10-12)19(20,21)22)27(25,26)23-15-7-13-3-5-16(24)9-14(13)8-15/h3-6,9-11,15,23H,7-8H2,1-2H3. The predicted octanol–water partition coefficient (Wildman–Crippen LogP) is 4.42. The molecule has 0 bridgehead atoms. The fourth-order valence-electron chi connectivity index (χ4n) is 3.32. The van der Waals surface area contributed by atoms with Gasteiger partial charge in [0.1, 0.15) is 0 Å². The predicted molar refractivity (Wildman–Crippen MR) is 93.6 cm³/mol. The van der Waals surface area contributed by atoms with Crippen LogP contribution in [-0.4, -0.2) is 14.5 Å². The lowest BCUT2D eigenvalue weighted by Gasteiger charge is -2.18. The minimum atomic E-state index is -4.79. The Labute approximate surface area is 156 Å². The Morgan fingerprint density at radius 1 is 1.04 bits per heavy atom. The highest BCUT2D eigenvalue weighted by atomic mass is 32.2. The Morgan fingerprint density at radius 2 is 1.70 bits per heavy atom. The van der Waals surface area contributed by atoms with Gasteiger partial charge < -0.3 is 0 Å². The third-order valence-corrected chi connectivity index (χ3v) is 6.28. The molecule has 2 aromatic rings. The molecule has 27 heavy (non-hydrogen) atoms. The largest absolute Gasteiger partial charge is 0.417 e. The molecule has 0 aliphatic heterocycles. The zero-order valence-electron chi connectivity index (χ0n) is 14.8. The molecular formula is C19H19F3NO3S. The summed E-state index contributed by atoms with van der Waals surface area (Å²) in [5.74, 6) is -0.345. The zero-order valence-corrected chi connectivity index (χ0v) is 15.6. The first-order valence-corrected chi connectivity index (χ1v) is 9.98. The summed E-state index contributed by atoms with van der Waals surface area (Å²) in [7, 11) is -4.38. The third kappa shape index (κ3) is 4.11. The van der Waals surface area contributed by atoms with Gasteiger partial charge in [0, 0.05) is 6.04 Å². The Hall–Kier alpha value is -2.06. The van der Waals surface area contributed by atoms with Crippen molar-refractivity contribution in [3.63, 3.8) is 0 Å². The van der Waals surface area contributed by atoms with Crippen LogP contribution in [0.5, 0.6) is 5.75 Å². The summed E-state index contributed by atoms with van der Waals surface area (Å²) in [5, 5.41) is 11.4. The van der Waals surface area contributed by atoms with Gasteiger partial charge in [-0.25, -0.2) is 13.1 Å². The average Bonchev–Trinajstić information content (AvgIpc) is 2.93. The lowest BCUT2D eigenvalue weighted by Crippen LogP contribution is -2.36. The molecule has 145 valence electrons. The number of halogens is 3. The summed E-state index contributed by atoms with van der Waals surface area (Å²) in [6, 6.07) is 7.18. The second kappa shape index (κ2) is 6.83. The van der Waals surface area contributed by atoms with Crippen LogP contribution in [0.1, 0.15) is 42.0 Å². The van der Waals surface area contributed by atoms with Crippen molar-refractivity contribution in [2.24, 2.45) is 0 Å². The van der Waals surface area contributed by atoms with Gasteiger partial charge in [0.25, 0.3) is 0 Å². The topological polar surface area (TPSA) is 66.1 Å². The van der Waals surface area contributed by atoms with E-state index in [-0.39, 0.29) is 18.1 Å². The smallest absolute Gasteiger partial charge is 0.290 e. The van der Waals surface area contributed by atoms with Gasteiger partial charge in [0.2, 0.25) is 10.0 Å². The molecule has 3 rings (SSSR count). The number of hydrogen-bond acceptors (Lipinski definition) is 2. The maximum Gasteiger partial charge on any atom is 0.417 e. The van der Waals surface area contributed by atoms with Crippen molar-refractivity contribution in [1.82, 2.24) is 4.72 Å². The van der Waals surface area contributed by atoms with Gasteiger partial charge in [0.15, 0.2) is 5.75 Å². The molecule has 0 heterocycles. The highest BCUT2D eigenvalue weighted by Gasteiger charge is 2.38. The van der Waals surface area contributed by atoms with Gasteiger partial charge in [-0.1, -0.05) is 26.0 Å². The number of sulfonamides is 1. The molecule has 1 aliphatic carbocycles. The van der Waals surface area contributed by atoms with Gasteiger partial charge in [-0.3, -0.25) is 5.11 Å². The van der Waals surface area contributed by atoms with Crippen LogP contribution in [0.15, 0.2) is 41.3 Å². The fourth-order valence-corrected chi connectivity index (χ4v) is 4.77. The van der Waals surface area contributed by atoms with Crippen LogP contribution in [0.2, 0.25) is 0 Å². The molecule has 1 N–H and O–H groups in total. The van der Waals surface area contributed by atoms with Gasteiger partial charge in [-0.05, 0) is 59.7 Å². The maximum absolute atomic E-state index is 13.5. The quantitative estimate of drug-likeness (QED) is 0.829. The molecule has 8 heteroatoms. The van der Waals surface area contributed by atoms with E-state index >= 15 is 0 Å². The van der Waals surface area contributed by atoms with Crippen molar-refractivity contribution < 1.29 is 26.7 Å². The molecular weight excluding hydrogens is 379 g/mol. The number of fused-ring (bicyclic) bond motifs is 1. The van der Waals surface area contributed by atoms with E-state index in [1.807, 2.05) is 0 Å². The average molecular weight is 398 g/mol. The monoisotopic (exact) mass is 398 g/mol. The SMILES string of the molecule is CC(C)c1ccc(S(=O)(=O)NC2Cc3ccc([O])cc3C2)c(C(F)(F)F)c1. The van der Waals surface area contributed by atoms with E-state index in [0.717, 1.165) is 23.3 Å². The van der Waals surface area contributed by atoms with Crippen molar-refractivity contribution in [2.45, 2.75) is 49.7 Å². The molecule has 2 aromatic carbocycles. The molecule has 0 saturated heterocycles. The maximum atomic E-state index is 13.5. The van der Waals surface area contributed by atoms with Crippen molar-refractivity contribution in [1.29, 1.82) is 0 Å². The van der Waals surface area contributed by atoms with Gasteiger partial charge in [-0.15, -0.1) is 0 Å². The van der Waals surface area contributed by atoms with Gasteiger partial charge in [-0.2, -0.15) is 13.2 Å². The number of nitrogens with one attached hydrogen (secondary N) is 1. The Kier molecular flexibility index (Phi) is 4.98. The van der Waals surface area contributed by atoms with Gasteiger partial charge in [0.05, 0.1) is 10.5 Å². The zero-order chi connectivity index (χ0) is 20.0. The van der Waals surface area contributed by atoms with Crippen molar-refractivity contribution in [3.05, 3.63) is 58.7 Å². The van der Waals surface area contributed by atoms with Crippen molar-refractivity contribution in [3.8, 4) is 5.75 Å². The summed E-state index contributed by atoms with van der Waals surface area (Å²) in [6.45, 7) is 3.48. The number of rotatable bonds is 4. The Balaban J connectivity index is 1.92. The highest BCUT2D eigenvalue weighted by molar-refractivity contribution is 7.89. The van der Waals surface area contributed by atoms with Crippen LogP contribution in [-0.2, 0) is 34.1 Å². The minimum absolute atomic E-state index is 0.165. The van der Waals surface area contributed by atoms with Crippen LogP contribution in [0.3, 0.4) is 0 Å². The molecule has 0 amide bonds. The summed E-state index contributed by atoms with van der Waals surface area (Å²) >= 11 is 0. The summed E-state index contributed by atoms with van der Waals surface area (Å²) in [4.78, 5) is -0.778. The van der Waals surface area contributed by atoms with E-state index in [2.05, 4.69) is 4.72 Å². The Bertz CT molecular complexity index is 969. The highest BCUT2D eigenvalue weighted by Crippen LogP contribution is 2.36. The van der Waals surface area contributed by atoms with Crippen LogP contribution in [0, 0.1) is 0 Å². The molecule has 1 atom stereocenters. The number of benzene rings is 2. The number of hydrogen-bond donors (Lipinski definition) is 1. The first kappa shape index (κ1) is 19.7. The lowest BCUT2D eigenvalue weighted by atomic mass is 10.0. The molecule has 4 nitrogen and oxygen atoms in total. The Morgan fingerprint density at radius 3 is 2.33 bits per heavy atom. The molecule has 1 unspecified atom stereocenters. The summed E-state index contributed by atoms with van der Waals surface area (Å²) in [6.07, 6.45) is -4.18. The van der Waals surface area contributed by atoms with Crippen LogP contribution >= 0.6 is 0 Å². The second-order valence-corrected chi connectivity index (χ2v) is 8.75. The molecule has 1 radical (unpaired) electrons. The molecule has 0 aromatic heterocycles. The molecule has 0 spiro atoms. The third-order valence-electron chi connectivity index (χ3n) is 4.70. The lowest BCUT2D eigenvalue weighted by molar-refractivity contribution is -0.139. The van der Waals surface area contributed by atoms with E-state index in [0.29, 0.717) is 12.0 Å². The summed E-state index contributed by atoms with van der Waals surface area (Å²) in [5.41, 5.74) is 0.797. The first-order valence-electron chi connectivity index (χ1n) is 8.49. The number of alkyl halides is 3. The van der Waals surface area contributed by atoms with E-state index < -0.39 is 32.7 Å². The van der Waals surface area contributed by atoms with E-state index in [1.165, 1.54) is 18.2 Å². The molecule has 0 fully saturated rings. The first-order chi connectivity index (χ1) is 12.5.